The number of benzene rings is 1. The van der Waals surface area contributed by atoms with Gasteiger partial charge in [-0.3, -0.25) is 4.90 Å². The molecule has 0 spiro atoms. The van der Waals surface area contributed by atoms with E-state index in [1.54, 1.807) is 18.4 Å². The molecule has 102 valence electrons. The van der Waals surface area contributed by atoms with Gasteiger partial charge in [0.05, 0.1) is 23.5 Å². The SMILES string of the molecule is COc1ccc(CN(C)Cc2csc(C)n2)cc1N. The standard InChI is InChI=1S/C14H19N3OS/c1-10-16-12(9-19-10)8-17(2)7-11-4-5-14(18-3)13(15)6-11/h4-6,9H,7-8,15H2,1-3H3. The van der Waals surface area contributed by atoms with Crippen molar-refractivity contribution >= 4 is 17.0 Å². The minimum Gasteiger partial charge on any atom is -0.495 e. The molecule has 5 heteroatoms. The zero-order chi connectivity index (χ0) is 13.8. The van der Waals surface area contributed by atoms with Gasteiger partial charge in [-0.05, 0) is 31.7 Å². The van der Waals surface area contributed by atoms with Crippen LogP contribution in [0.2, 0.25) is 0 Å². The van der Waals surface area contributed by atoms with E-state index >= 15 is 0 Å². The largest absolute Gasteiger partial charge is 0.495 e. The lowest BCUT2D eigenvalue weighted by Gasteiger charge is -2.16. The molecule has 1 aromatic heterocycles. The Labute approximate surface area is 117 Å². The predicted octanol–water partition coefficient (Wildman–Crippen LogP) is 2.67. The third-order valence-corrected chi connectivity index (χ3v) is 3.67. The van der Waals surface area contributed by atoms with Crippen molar-refractivity contribution < 1.29 is 4.74 Å². The summed E-state index contributed by atoms with van der Waals surface area (Å²) in [5, 5.41) is 3.21. The summed E-state index contributed by atoms with van der Waals surface area (Å²) in [4.78, 5) is 6.69. The van der Waals surface area contributed by atoms with Crippen LogP contribution in [0.4, 0.5) is 5.69 Å². The summed E-state index contributed by atoms with van der Waals surface area (Å²) >= 11 is 1.69. The molecule has 0 fully saturated rings. The number of hydrogen-bond acceptors (Lipinski definition) is 5. The normalized spacial score (nSPS) is 10.9. The van der Waals surface area contributed by atoms with Crippen LogP contribution < -0.4 is 10.5 Å². The van der Waals surface area contributed by atoms with Gasteiger partial charge < -0.3 is 10.5 Å². The molecule has 0 aliphatic heterocycles. The number of nitrogen functional groups attached to an aromatic ring is 1. The second-order valence-corrected chi connectivity index (χ2v) is 5.67. The number of thiazole rings is 1. The first-order valence-corrected chi connectivity index (χ1v) is 6.98. The highest BCUT2D eigenvalue weighted by Crippen LogP contribution is 2.22. The van der Waals surface area contributed by atoms with Crippen LogP contribution in [0.15, 0.2) is 23.6 Å². The number of aryl methyl sites for hydroxylation is 1. The molecule has 0 aliphatic carbocycles. The van der Waals surface area contributed by atoms with Gasteiger partial charge in [0.2, 0.25) is 0 Å². The quantitative estimate of drug-likeness (QED) is 0.854. The highest BCUT2D eigenvalue weighted by Gasteiger charge is 2.06. The fourth-order valence-electron chi connectivity index (χ4n) is 2.01. The molecular weight excluding hydrogens is 258 g/mol. The maximum Gasteiger partial charge on any atom is 0.141 e. The first-order chi connectivity index (χ1) is 9.08. The van der Waals surface area contributed by atoms with Crippen molar-refractivity contribution in [1.82, 2.24) is 9.88 Å². The molecule has 0 saturated heterocycles. The van der Waals surface area contributed by atoms with Crippen molar-refractivity contribution in [2.45, 2.75) is 20.0 Å². The molecule has 0 unspecified atom stereocenters. The van der Waals surface area contributed by atoms with E-state index in [0.717, 1.165) is 29.5 Å². The van der Waals surface area contributed by atoms with Crippen LogP contribution >= 0.6 is 11.3 Å². The Morgan fingerprint density at radius 2 is 2.16 bits per heavy atom. The molecule has 0 aliphatic rings. The number of methoxy groups -OCH3 is 1. The Balaban J connectivity index is 1.98. The van der Waals surface area contributed by atoms with Crippen molar-refractivity contribution in [3.05, 3.63) is 39.8 Å². The van der Waals surface area contributed by atoms with Crippen LogP contribution in [0.3, 0.4) is 0 Å². The lowest BCUT2D eigenvalue weighted by Crippen LogP contribution is -2.17. The van der Waals surface area contributed by atoms with Crippen LogP contribution in [0.1, 0.15) is 16.3 Å². The number of nitrogens with zero attached hydrogens (tertiary/aromatic N) is 2. The molecule has 4 nitrogen and oxygen atoms in total. The summed E-state index contributed by atoms with van der Waals surface area (Å²) in [5.74, 6) is 0.724. The fraction of sp³-hybridized carbons (Fsp3) is 0.357. The Morgan fingerprint density at radius 3 is 2.74 bits per heavy atom. The Bertz CT molecular complexity index is 553. The van der Waals surface area contributed by atoms with Gasteiger partial charge >= 0.3 is 0 Å². The number of ether oxygens (including phenoxy) is 1. The molecule has 1 heterocycles. The van der Waals surface area contributed by atoms with Crippen molar-refractivity contribution in [2.24, 2.45) is 0 Å². The van der Waals surface area contributed by atoms with Gasteiger partial charge in [-0.2, -0.15) is 0 Å². The van der Waals surface area contributed by atoms with Gasteiger partial charge in [-0.15, -0.1) is 11.3 Å². The van der Waals surface area contributed by atoms with Crippen LogP contribution in [-0.2, 0) is 13.1 Å². The van der Waals surface area contributed by atoms with Crippen molar-refractivity contribution in [3.8, 4) is 5.75 Å². The summed E-state index contributed by atoms with van der Waals surface area (Å²) in [5.41, 5.74) is 8.88. The van der Waals surface area contributed by atoms with Crippen LogP contribution in [-0.4, -0.2) is 24.0 Å². The number of nitrogens with two attached hydrogens (primary N) is 1. The number of anilines is 1. The number of rotatable bonds is 5. The van der Waals surface area contributed by atoms with Gasteiger partial charge in [-0.25, -0.2) is 4.98 Å². The minimum absolute atomic E-state index is 0.679. The van der Waals surface area contributed by atoms with Crippen LogP contribution in [0.5, 0.6) is 5.75 Å². The Morgan fingerprint density at radius 1 is 1.37 bits per heavy atom. The molecule has 0 radical (unpaired) electrons. The topological polar surface area (TPSA) is 51.4 Å². The van der Waals surface area contributed by atoms with E-state index in [0.29, 0.717) is 5.69 Å². The molecule has 1 aromatic carbocycles. The van der Waals surface area contributed by atoms with E-state index < -0.39 is 0 Å². The number of aromatic nitrogens is 1. The minimum atomic E-state index is 0.679. The lowest BCUT2D eigenvalue weighted by atomic mass is 10.2. The van der Waals surface area contributed by atoms with Crippen molar-refractivity contribution in [2.75, 3.05) is 19.9 Å². The van der Waals surface area contributed by atoms with Gasteiger partial charge in [-0.1, -0.05) is 6.07 Å². The first-order valence-electron chi connectivity index (χ1n) is 6.10. The predicted molar refractivity (Wildman–Crippen MR) is 79.4 cm³/mol. The zero-order valence-corrected chi connectivity index (χ0v) is 12.3. The molecule has 2 N–H and O–H groups in total. The molecule has 2 aromatic rings. The average Bonchev–Trinajstić information content (AvgIpc) is 2.74. The monoisotopic (exact) mass is 277 g/mol. The van der Waals surface area contributed by atoms with Gasteiger partial charge in [0.15, 0.2) is 0 Å². The third-order valence-electron chi connectivity index (χ3n) is 2.85. The molecule has 2 rings (SSSR count). The molecule has 19 heavy (non-hydrogen) atoms. The van der Waals surface area contributed by atoms with E-state index in [2.05, 4.69) is 22.3 Å². The van der Waals surface area contributed by atoms with Crippen molar-refractivity contribution in [3.63, 3.8) is 0 Å². The van der Waals surface area contributed by atoms with Gasteiger partial charge in [0.25, 0.3) is 0 Å². The van der Waals surface area contributed by atoms with Crippen molar-refractivity contribution in [1.29, 1.82) is 0 Å². The maximum atomic E-state index is 5.91. The summed E-state index contributed by atoms with van der Waals surface area (Å²) in [6, 6.07) is 5.91. The van der Waals surface area contributed by atoms with Crippen LogP contribution in [0.25, 0.3) is 0 Å². The van der Waals surface area contributed by atoms with Gasteiger partial charge in [0.1, 0.15) is 5.75 Å². The van der Waals surface area contributed by atoms with E-state index in [4.69, 9.17) is 10.5 Å². The van der Waals surface area contributed by atoms with E-state index in [1.807, 2.05) is 25.1 Å². The zero-order valence-electron chi connectivity index (χ0n) is 11.5. The summed E-state index contributed by atoms with van der Waals surface area (Å²) in [6.45, 7) is 3.71. The van der Waals surface area contributed by atoms with E-state index in [9.17, 15) is 0 Å². The van der Waals surface area contributed by atoms with Crippen LogP contribution in [0, 0.1) is 6.92 Å². The summed E-state index contributed by atoms with van der Waals surface area (Å²) < 4.78 is 5.16. The smallest absolute Gasteiger partial charge is 0.141 e. The highest BCUT2D eigenvalue weighted by atomic mass is 32.1. The molecule has 0 amide bonds. The average molecular weight is 277 g/mol. The Kier molecular flexibility index (Phi) is 4.39. The first kappa shape index (κ1) is 13.8. The lowest BCUT2D eigenvalue weighted by molar-refractivity contribution is 0.315. The van der Waals surface area contributed by atoms with E-state index in [1.165, 1.54) is 5.56 Å². The highest BCUT2D eigenvalue weighted by molar-refractivity contribution is 7.09. The summed E-state index contributed by atoms with van der Waals surface area (Å²) in [6.07, 6.45) is 0. The second kappa shape index (κ2) is 6.04. The molecular formula is C14H19N3OS. The summed E-state index contributed by atoms with van der Waals surface area (Å²) in [7, 11) is 3.71. The maximum absolute atomic E-state index is 5.91. The molecule has 0 bridgehead atoms. The molecule has 0 atom stereocenters. The molecule has 0 saturated carbocycles. The second-order valence-electron chi connectivity index (χ2n) is 4.61. The van der Waals surface area contributed by atoms with Gasteiger partial charge in [0, 0.05) is 18.5 Å². The third kappa shape index (κ3) is 3.68. The number of hydrogen-bond donors (Lipinski definition) is 1. The Hall–Kier alpha value is -1.59. The van der Waals surface area contributed by atoms with E-state index in [-0.39, 0.29) is 0 Å². The fourth-order valence-corrected chi connectivity index (χ4v) is 2.61.